The first-order valence-corrected chi connectivity index (χ1v) is 6.71. The molecule has 2 heteroatoms. The minimum Gasteiger partial charge on any atom is -0.175 e. The molecule has 0 aromatic rings. The van der Waals surface area contributed by atoms with E-state index in [1.807, 2.05) is 0 Å². The maximum absolute atomic E-state index is 5.13. The lowest BCUT2D eigenvalue weighted by molar-refractivity contribution is 1.50. The molecule has 0 amide bonds. The van der Waals surface area contributed by atoms with Crippen LogP contribution in [0.2, 0.25) is 0 Å². The average molecular weight is 195 g/mol. The van der Waals surface area contributed by atoms with Gasteiger partial charge in [-0.1, -0.05) is 12.8 Å². The summed E-state index contributed by atoms with van der Waals surface area (Å²) in [7, 11) is -0.593. The Morgan fingerprint density at radius 1 is 1.75 bits per heavy atom. The second-order valence-corrected chi connectivity index (χ2v) is 9.65. The normalized spacial score (nSPS) is 20.8. The molecule has 48 valence electrons. The highest BCUT2D eigenvalue weighted by atomic mass is 79.9. The molecular formula is C6H11BrS. The number of halogens is 1. The third-order valence-corrected chi connectivity index (χ3v) is 5.02. The highest BCUT2D eigenvalue weighted by Crippen LogP contribution is 2.50. The van der Waals surface area contributed by atoms with E-state index in [9.17, 15) is 0 Å². The van der Waals surface area contributed by atoms with Crippen molar-refractivity contribution in [1.82, 2.24) is 0 Å². The first-order valence-electron chi connectivity index (χ1n) is 2.49. The third-order valence-electron chi connectivity index (χ3n) is 0.986. The zero-order valence-electron chi connectivity index (χ0n) is 5.28. The Kier molecular flexibility index (Phi) is 3.59. The van der Waals surface area contributed by atoms with E-state index in [0.29, 0.717) is 0 Å². The molecule has 0 aliphatic carbocycles. The lowest BCUT2D eigenvalue weighted by Crippen LogP contribution is -1.94. The zero-order chi connectivity index (χ0) is 6.62. The van der Waals surface area contributed by atoms with Crippen LogP contribution in [0.25, 0.3) is 0 Å². The fourth-order valence-corrected chi connectivity index (χ4v) is 1.22. The van der Waals surface area contributed by atoms with Crippen molar-refractivity contribution < 1.29 is 0 Å². The summed E-state index contributed by atoms with van der Waals surface area (Å²) in [6.45, 7) is 2.15. The van der Waals surface area contributed by atoms with Gasteiger partial charge < -0.3 is 0 Å². The molecule has 0 aromatic carbocycles. The van der Waals surface area contributed by atoms with Crippen LogP contribution in [0.15, 0.2) is 0 Å². The predicted octanol–water partition coefficient (Wildman–Crippen LogP) is 2.38. The second kappa shape index (κ2) is 3.42. The second-order valence-electron chi connectivity index (χ2n) is 1.79. The van der Waals surface area contributed by atoms with Crippen molar-refractivity contribution in [3.05, 3.63) is 0 Å². The number of rotatable bonds is 2. The van der Waals surface area contributed by atoms with Crippen LogP contribution < -0.4 is 0 Å². The van der Waals surface area contributed by atoms with Gasteiger partial charge >= 0.3 is 0 Å². The van der Waals surface area contributed by atoms with E-state index in [4.69, 9.17) is 6.42 Å². The molecule has 0 radical (unpaired) electrons. The van der Waals surface area contributed by atoms with Crippen LogP contribution in [0, 0.1) is 12.3 Å². The summed E-state index contributed by atoms with van der Waals surface area (Å²) in [5.41, 5.74) is 0. The lowest BCUT2D eigenvalue weighted by atomic mass is 10.8. The van der Waals surface area contributed by atoms with Crippen molar-refractivity contribution >= 4 is 23.3 Å². The summed E-state index contributed by atoms with van der Waals surface area (Å²) in [4.78, 5) is 0. The summed E-state index contributed by atoms with van der Waals surface area (Å²) < 4.78 is 0. The van der Waals surface area contributed by atoms with Gasteiger partial charge in [-0.25, -0.2) is 0 Å². The van der Waals surface area contributed by atoms with Crippen LogP contribution in [0.5, 0.6) is 0 Å². The average Bonchev–Trinajstić information content (AvgIpc) is 1.67. The predicted molar refractivity (Wildman–Crippen MR) is 46.7 cm³/mol. The van der Waals surface area contributed by atoms with Crippen molar-refractivity contribution in [2.45, 2.75) is 6.92 Å². The van der Waals surface area contributed by atoms with E-state index >= 15 is 0 Å². The molecular weight excluding hydrogens is 184 g/mol. The largest absolute Gasteiger partial charge is 0.175 e. The Labute approximate surface area is 60.6 Å². The Morgan fingerprint density at radius 3 is 2.38 bits per heavy atom. The minimum atomic E-state index is -0.593. The maximum Gasteiger partial charge on any atom is 0.0474 e. The van der Waals surface area contributed by atoms with Gasteiger partial charge in [0, 0.05) is 5.75 Å². The summed E-state index contributed by atoms with van der Waals surface area (Å²) in [5.74, 6) is 4.71. The van der Waals surface area contributed by atoms with E-state index in [2.05, 4.69) is 33.9 Å². The molecule has 0 spiro atoms. The van der Waals surface area contributed by atoms with Crippen molar-refractivity contribution in [1.29, 1.82) is 0 Å². The lowest BCUT2D eigenvalue weighted by Gasteiger charge is -2.22. The molecule has 0 aliphatic heterocycles. The highest BCUT2D eigenvalue weighted by Gasteiger charge is 2.07. The molecule has 0 N–H and O–H groups in total. The molecule has 1 atom stereocenters. The van der Waals surface area contributed by atoms with Gasteiger partial charge in [0.2, 0.25) is 0 Å². The Morgan fingerprint density at radius 2 is 2.25 bits per heavy atom. The number of hydrogen-bond donors (Lipinski definition) is 0. The molecule has 0 bridgehead atoms. The van der Waals surface area contributed by atoms with Gasteiger partial charge in [0.25, 0.3) is 0 Å². The van der Waals surface area contributed by atoms with E-state index in [1.165, 1.54) is 0 Å². The van der Waals surface area contributed by atoms with Crippen molar-refractivity contribution in [3.63, 3.8) is 0 Å². The monoisotopic (exact) mass is 194 g/mol. The minimum absolute atomic E-state index is 0.593. The summed E-state index contributed by atoms with van der Waals surface area (Å²) in [5, 5.41) is 0. The van der Waals surface area contributed by atoms with Crippen LogP contribution in [0.1, 0.15) is 6.92 Å². The van der Waals surface area contributed by atoms with Crippen molar-refractivity contribution in [2.75, 3.05) is 17.8 Å². The Bertz CT molecular complexity index is 102. The van der Waals surface area contributed by atoms with Gasteiger partial charge in [-0.3, -0.25) is 0 Å². The maximum atomic E-state index is 5.13. The molecule has 0 rings (SSSR count). The quantitative estimate of drug-likeness (QED) is 0.593. The number of hydrogen-bond acceptors (Lipinski definition) is 0. The molecule has 0 heterocycles. The van der Waals surface area contributed by atoms with Crippen LogP contribution in [-0.2, 0) is 0 Å². The van der Waals surface area contributed by atoms with Crippen molar-refractivity contribution in [2.24, 2.45) is 0 Å². The molecule has 0 fully saturated rings. The first kappa shape index (κ1) is 8.39. The first-order chi connectivity index (χ1) is 3.62. The topological polar surface area (TPSA) is 0 Å². The third kappa shape index (κ3) is 3.40. The van der Waals surface area contributed by atoms with Gasteiger partial charge in [-0.2, -0.15) is 8.46 Å². The molecule has 8 heavy (non-hydrogen) atoms. The summed E-state index contributed by atoms with van der Waals surface area (Å²) in [6, 6.07) is 0. The zero-order valence-corrected chi connectivity index (χ0v) is 7.68. The van der Waals surface area contributed by atoms with Gasteiger partial charge in [-0.05, 0) is 26.8 Å². The van der Waals surface area contributed by atoms with Crippen LogP contribution in [-0.4, -0.2) is 17.8 Å². The van der Waals surface area contributed by atoms with Crippen LogP contribution in [0.3, 0.4) is 0 Å². The fraction of sp³-hybridized carbons (Fsp3) is 0.667. The molecule has 0 aliphatic rings. The van der Waals surface area contributed by atoms with E-state index in [1.54, 1.807) is 0 Å². The summed E-state index contributed by atoms with van der Waals surface area (Å²) >= 11 is 3.58. The smallest absolute Gasteiger partial charge is 0.0474 e. The van der Waals surface area contributed by atoms with E-state index in [-0.39, 0.29) is 0 Å². The SMILES string of the molecule is C#CCS(C)(Br)CC. The standard InChI is InChI=1S/C6H11BrS/c1-4-6-8(3,7)5-2/h1H,5-6H2,2-3H3. The van der Waals surface area contributed by atoms with Gasteiger partial charge in [0.15, 0.2) is 0 Å². The van der Waals surface area contributed by atoms with Crippen molar-refractivity contribution in [3.8, 4) is 12.3 Å². The molecule has 0 saturated heterocycles. The van der Waals surface area contributed by atoms with Crippen LogP contribution in [0.4, 0.5) is 0 Å². The highest BCUT2D eigenvalue weighted by molar-refractivity contribution is 9.58. The molecule has 0 nitrogen and oxygen atoms in total. The van der Waals surface area contributed by atoms with E-state index < -0.39 is 8.46 Å². The van der Waals surface area contributed by atoms with Crippen LogP contribution >= 0.6 is 23.3 Å². The Hall–Kier alpha value is 0.390. The van der Waals surface area contributed by atoms with Gasteiger partial charge in [0.1, 0.15) is 0 Å². The van der Waals surface area contributed by atoms with Gasteiger partial charge in [-0.15, -0.1) is 6.42 Å². The fourth-order valence-electron chi connectivity index (χ4n) is 0.276. The molecule has 0 saturated carbocycles. The van der Waals surface area contributed by atoms with E-state index in [0.717, 1.165) is 11.5 Å². The molecule has 1 unspecified atom stereocenters. The molecule has 0 aromatic heterocycles. The summed E-state index contributed by atoms with van der Waals surface area (Å²) in [6.07, 6.45) is 7.32. The Balaban J connectivity index is 3.58. The van der Waals surface area contributed by atoms with Gasteiger partial charge in [0.05, 0.1) is 0 Å². The number of terminal acetylenes is 1.